The summed E-state index contributed by atoms with van der Waals surface area (Å²) < 4.78 is 4.63. The van der Waals surface area contributed by atoms with Crippen LogP contribution >= 0.6 is 0 Å². The van der Waals surface area contributed by atoms with Gasteiger partial charge in [-0.15, -0.1) is 0 Å². The number of carbonyl (C=O) groups is 1. The summed E-state index contributed by atoms with van der Waals surface area (Å²) in [4.78, 5) is 27.2. The number of nitrogen functional groups attached to an aromatic ring is 1. The number of methoxy groups -OCH3 is 1. The molecule has 0 amide bonds. The van der Waals surface area contributed by atoms with Gasteiger partial charge in [0.1, 0.15) is 5.69 Å². The summed E-state index contributed by atoms with van der Waals surface area (Å²) in [7, 11) is 1.28. The fourth-order valence-electron chi connectivity index (χ4n) is 2.01. The second kappa shape index (κ2) is 4.86. The highest BCUT2D eigenvalue weighted by atomic mass is 16.5. The fourth-order valence-corrected chi connectivity index (χ4v) is 2.01. The normalized spacial score (nSPS) is 10.8. The highest BCUT2D eigenvalue weighted by Crippen LogP contribution is 2.23. The number of nitrogens with zero attached hydrogens (tertiary/aromatic N) is 3. The Bertz CT molecular complexity index is 840. The SMILES string of the molecule is COC(=O)c1cnc(N)c(-c2nc3ccc(C)cc3[nH]2)n1. The van der Waals surface area contributed by atoms with Crippen LogP contribution in [-0.2, 0) is 4.74 Å². The second-order valence-corrected chi connectivity index (χ2v) is 4.59. The molecule has 2 heterocycles. The molecule has 3 N–H and O–H groups in total. The minimum Gasteiger partial charge on any atom is -0.464 e. The largest absolute Gasteiger partial charge is 0.464 e. The lowest BCUT2D eigenvalue weighted by Gasteiger charge is -2.03. The van der Waals surface area contributed by atoms with Crippen molar-refractivity contribution in [1.29, 1.82) is 0 Å². The number of carbonyl (C=O) groups excluding carboxylic acids is 1. The number of anilines is 1. The second-order valence-electron chi connectivity index (χ2n) is 4.59. The number of aromatic amines is 1. The van der Waals surface area contributed by atoms with Crippen molar-refractivity contribution in [2.75, 3.05) is 12.8 Å². The Kier molecular flexibility index (Phi) is 3.02. The van der Waals surface area contributed by atoms with Crippen molar-refractivity contribution in [3.05, 3.63) is 35.7 Å². The van der Waals surface area contributed by atoms with Crippen LogP contribution in [0.15, 0.2) is 24.4 Å². The number of nitrogens with two attached hydrogens (primary N) is 1. The first kappa shape index (κ1) is 13.0. The van der Waals surface area contributed by atoms with E-state index in [4.69, 9.17) is 5.73 Å². The molecule has 0 unspecified atom stereocenters. The predicted octanol–water partition coefficient (Wildman–Crippen LogP) is 1.70. The molecule has 3 rings (SSSR count). The number of aromatic nitrogens is 4. The van der Waals surface area contributed by atoms with Crippen molar-refractivity contribution in [2.24, 2.45) is 0 Å². The van der Waals surface area contributed by atoms with Crippen molar-refractivity contribution < 1.29 is 9.53 Å². The van der Waals surface area contributed by atoms with Crippen LogP contribution in [0.25, 0.3) is 22.6 Å². The van der Waals surface area contributed by atoms with Crippen molar-refractivity contribution in [3.63, 3.8) is 0 Å². The predicted molar refractivity (Wildman–Crippen MR) is 77.6 cm³/mol. The molecular weight excluding hydrogens is 270 g/mol. The molecule has 0 saturated heterocycles. The number of hydrogen-bond acceptors (Lipinski definition) is 6. The Hall–Kier alpha value is -2.96. The Labute approximate surface area is 120 Å². The number of rotatable bonds is 2. The molecule has 0 radical (unpaired) electrons. The minimum atomic E-state index is -0.573. The Balaban J connectivity index is 2.15. The molecule has 0 fully saturated rings. The van der Waals surface area contributed by atoms with E-state index in [1.54, 1.807) is 0 Å². The molecule has 21 heavy (non-hydrogen) atoms. The Morgan fingerprint density at radius 1 is 1.33 bits per heavy atom. The molecule has 0 spiro atoms. The fraction of sp³-hybridized carbons (Fsp3) is 0.143. The van der Waals surface area contributed by atoms with Crippen LogP contribution in [0.1, 0.15) is 16.1 Å². The van der Waals surface area contributed by atoms with Gasteiger partial charge in [-0.2, -0.15) is 0 Å². The van der Waals surface area contributed by atoms with Crippen LogP contribution < -0.4 is 5.73 Å². The Morgan fingerprint density at radius 3 is 2.90 bits per heavy atom. The van der Waals surface area contributed by atoms with Crippen LogP contribution in [0.2, 0.25) is 0 Å². The maximum absolute atomic E-state index is 11.5. The molecular formula is C14H13N5O2. The van der Waals surface area contributed by atoms with Gasteiger partial charge >= 0.3 is 5.97 Å². The molecule has 0 aliphatic carbocycles. The van der Waals surface area contributed by atoms with E-state index >= 15 is 0 Å². The van der Waals surface area contributed by atoms with Crippen molar-refractivity contribution in [3.8, 4) is 11.5 Å². The molecule has 0 aliphatic rings. The summed E-state index contributed by atoms with van der Waals surface area (Å²) in [5.41, 5.74) is 9.01. The van der Waals surface area contributed by atoms with Gasteiger partial charge in [-0.3, -0.25) is 0 Å². The molecule has 0 atom stereocenters. The topological polar surface area (TPSA) is 107 Å². The van der Waals surface area contributed by atoms with E-state index in [-0.39, 0.29) is 11.5 Å². The summed E-state index contributed by atoms with van der Waals surface area (Å²) in [6.45, 7) is 1.99. The van der Waals surface area contributed by atoms with Crippen LogP contribution in [0.4, 0.5) is 5.82 Å². The van der Waals surface area contributed by atoms with Gasteiger partial charge in [-0.05, 0) is 24.6 Å². The number of nitrogens with one attached hydrogen (secondary N) is 1. The van der Waals surface area contributed by atoms with E-state index in [9.17, 15) is 4.79 Å². The number of H-pyrrole nitrogens is 1. The lowest BCUT2D eigenvalue weighted by Crippen LogP contribution is -2.08. The van der Waals surface area contributed by atoms with Gasteiger partial charge in [0, 0.05) is 0 Å². The number of aryl methyl sites for hydroxylation is 1. The molecule has 7 nitrogen and oxygen atoms in total. The number of hydrogen-bond donors (Lipinski definition) is 2. The van der Waals surface area contributed by atoms with Crippen LogP contribution in [0.5, 0.6) is 0 Å². The summed E-state index contributed by atoms with van der Waals surface area (Å²) in [5.74, 6) is 0.0838. The highest BCUT2D eigenvalue weighted by molar-refractivity contribution is 5.88. The average molecular weight is 283 g/mol. The minimum absolute atomic E-state index is 0.0818. The van der Waals surface area contributed by atoms with E-state index in [1.165, 1.54) is 13.3 Å². The number of esters is 1. The standard InChI is InChI=1S/C14H13N5O2/c1-7-3-4-8-9(5-7)19-13(18-8)11-12(15)16-6-10(17-11)14(20)21-2/h3-6H,1-2H3,(H2,15,16)(H,18,19). The lowest BCUT2D eigenvalue weighted by atomic mass is 10.2. The van der Waals surface area contributed by atoms with Gasteiger partial charge in [-0.25, -0.2) is 19.7 Å². The van der Waals surface area contributed by atoms with E-state index in [0.717, 1.165) is 16.6 Å². The molecule has 3 aromatic rings. The van der Waals surface area contributed by atoms with Gasteiger partial charge in [0.15, 0.2) is 17.3 Å². The van der Waals surface area contributed by atoms with E-state index < -0.39 is 5.97 Å². The third-order valence-corrected chi connectivity index (χ3v) is 3.06. The van der Waals surface area contributed by atoms with Crippen molar-refractivity contribution in [1.82, 2.24) is 19.9 Å². The van der Waals surface area contributed by atoms with Gasteiger partial charge < -0.3 is 15.5 Å². The zero-order chi connectivity index (χ0) is 15.0. The van der Waals surface area contributed by atoms with Crippen LogP contribution in [0.3, 0.4) is 0 Å². The molecule has 2 aromatic heterocycles. The molecule has 1 aromatic carbocycles. The molecule has 0 aliphatic heterocycles. The number of benzene rings is 1. The third kappa shape index (κ3) is 2.29. The molecule has 0 saturated carbocycles. The van der Waals surface area contributed by atoms with Gasteiger partial charge in [0.2, 0.25) is 0 Å². The van der Waals surface area contributed by atoms with E-state index in [0.29, 0.717) is 11.5 Å². The van der Waals surface area contributed by atoms with E-state index in [2.05, 4.69) is 24.7 Å². The van der Waals surface area contributed by atoms with Gasteiger partial charge in [-0.1, -0.05) is 6.07 Å². The number of imidazole rings is 1. The summed E-state index contributed by atoms with van der Waals surface area (Å²) >= 11 is 0. The maximum atomic E-state index is 11.5. The molecule has 0 bridgehead atoms. The monoisotopic (exact) mass is 283 g/mol. The first-order valence-electron chi connectivity index (χ1n) is 6.26. The van der Waals surface area contributed by atoms with Gasteiger partial charge in [0.25, 0.3) is 0 Å². The highest BCUT2D eigenvalue weighted by Gasteiger charge is 2.15. The zero-order valence-electron chi connectivity index (χ0n) is 11.5. The van der Waals surface area contributed by atoms with Crippen LogP contribution in [-0.4, -0.2) is 33.0 Å². The summed E-state index contributed by atoms with van der Waals surface area (Å²) in [5, 5.41) is 0. The third-order valence-electron chi connectivity index (χ3n) is 3.06. The first-order chi connectivity index (χ1) is 10.1. The van der Waals surface area contributed by atoms with Crippen molar-refractivity contribution >= 4 is 22.8 Å². The summed E-state index contributed by atoms with van der Waals surface area (Å²) in [6.07, 6.45) is 1.28. The smallest absolute Gasteiger partial charge is 0.358 e. The van der Waals surface area contributed by atoms with Crippen LogP contribution in [0, 0.1) is 6.92 Å². The number of ether oxygens (including phenoxy) is 1. The first-order valence-corrected chi connectivity index (χ1v) is 6.26. The quantitative estimate of drug-likeness (QED) is 0.693. The van der Waals surface area contributed by atoms with Gasteiger partial charge in [0.05, 0.1) is 24.3 Å². The average Bonchev–Trinajstić information content (AvgIpc) is 2.89. The van der Waals surface area contributed by atoms with E-state index in [1.807, 2.05) is 25.1 Å². The Morgan fingerprint density at radius 2 is 2.14 bits per heavy atom. The summed E-state index contributed by atoms with van der Waals surface area (Å²) in [6, 6.07) is 5.84. The van der Waals surface area contributed by atoms with Crippen molar-refractivity contribution in [2.45, 2.75) is 6.92 Å². The maximum Gasteiger partial charge on any atom is 0.358 e. The molecule has 106 valence electrons. The number of fused-ring (bicyclic) bond motifs is 1. The molecule has 7 heteroatoms. The zero-order valence-corrected chi connectivity index (χ0v) is 11.5. The lowest BCUT2D eigenvalue weighted by molar-refractivity contribution is 0.0593.